The van der Waals surface area contributed by atoms with Gasteiger partial charge in [-0.25, -0.2) is 0 Å². The molecule has 0 aromatic heterocycles. The molecule has 0 aliphatic carbocycles. The number of halogens is 2. The third-order valence-corrected chi connectivity index (χ3v) is 3.19. The van der Waals surface area contributed by atoms with Gasteiger partial charge in [0.2, 0.25) is 0 Å². The minimum atomic E-state index is 0.521. The largest absolute Gasteiger partial charge is 0.310 e. The smallest absolute Gasteiger partial charge is 0.0419 e. The standard InChI is InChI=1S/C10H11ClIN/c11-8-4-7(5-9(12)6-8)10-2-1-3-13-10/h4-6,10,13H,1-3H2. The Morgan fingerprint density at radius 1 is 1.38 bits per heavy atom. The maximum absolute atomic E-state index is 6.00. The van der Waals surface area contributed by atoms with Crippen molar-refractivity contribution in [2.75, 3.05) is 6.54 Å². The Morgan fingerprint density at radius 3 is 2.85 bits per heavy atom. The first-order chi connectivity index (χ1) is 6.25. The molecule has 1 aliphatic heterocycles. The fourth-order valence-corrected chi connectivity index (χ4v) is 2.87. The Kier molecular flexibility index (Phi) is 3.11. The lowest BCUT2D eigenvalue weighted by molar-refractivity contribution is 0.647. The number of benzene rings is 1. The van der Waals surface area contributed by atoms with Crippen LogP contribution in [-0.4, -0.2) is 6.54 Å². The van der Waals surface area contributed by atoms with Gasteiger partial charge >= 0.3 is 0 Å². The Bertz CT molecular complexity index is 288. The summed E-state index contributed by atoms with van der Waals surface area (Å²) in [7, 11) is 0. The molecule has 1 aromatic carbocycles. The number of hydrogen-bond donors (Lipinski definition) is 1. The lowest BCUT2D eigenvalue weighted by Crippen LogP contribution is -2.12. The van der Waals surface area contributed by atoms with Gasteiger partial charge in [0.1, 0.15) is 0 Å². The molecule has 13 heavy (non-hydrogen) atoms. The average Bonchev–Trinajstić information content (AvgIpc) is 2.53. The van der Waals surface area contributed by atoms with Gasteiger partial charge < -0.3 is 5.32 Å². The molecule has 0 bridgehead atoms. The van der Waals surface area contributed by atoms with Crippen molar-refractivity contribution in [1.29, 1.82) is 0 Å². The molecular weight excluding hydrogens is 296 g/mol. The molecule has 1 heterocycles. The lowest BCUT2D eigenvalue weighted by atomic mass is 10.1. The number of rotatable bonds is 1. The van der Waals surface area contributed by atoms with E-state index in [1.165, 1.54) is 22.0 Å². The molecule has 0 spiro atoms. The Balaban J connectivity index is 2.28. The lowest BCUT2D eigenvalue weighted by Gasteiger charge is -2.11. The van der Waals surface area contributed by atoms with Gasteiger partial charge in [0, 0.05) is 14.6 Å². The number of hydrogen-bond acceptors (Lipinski definition) is 1. The maximum atomic E-state index is 6.00. The second-order valence-electron chi connectivity index (χ2n) is 3.35. The van der Waals surface area contributed by atoms with Gasteiger partial charge in [-0.15, -0.1) is 0 Å². The van der Waals surface area contributed by atoms with Crippen molar-refractivity contribution < 1.29 is 0 Å². The summed E-state index contributed by atoms with van der Waals surface area (Å²) in [5, 5.41) is 4.31. The second-order valence-corrected chi connectivity index (χ2v) is 5.03. The third kappa shape index (κ3) is 2.36. The van der Waals surface area contributed by atoms with Crippen LogP contribution in [0.3, 0.4) is 0 Å². The minimum Gasteiger partial charge on any atom is -0.310 e. The highest BCUT2D eigenvalue weighted by Crippen LogP contribution is 2.27. The molecule has 3 heteroatoms. The summed E-state index contributed by atoms with van der Waals surface area (Å²) in [6.07, 6.45) is 2.50. The van der Waals surface area contributed by atoms with E-state index in [2.05, 4.69) is 40.0 Å². The van der Waals surface area contributed by atoms with Crippen LogP contribution in [0, 0.1) is 3.57 Å². The van der Waals surface area contributed by atoms with Gasteiger partial charge in [-0.2, -0.15) is 0 Å². The zero-order chi connectivity index (χ0) is 9.26. The zero-order valence-electron chi connectivity index (χ0n) is 7.19. The topological polar surface area (TPSA) is 12.0 Å². The molecule has 2 rings (SSSR count). The third-order valence-electron chi connectivity index (χ3n) is 2.35. The van der Waals surface area contributed by atoms with Crippen LogP contribution >= 0.6 is 34.2 Å². The van der Waals surface area contributed by atoms with Crippen LogP contribution in [0.25, 0.3) is 0 Å². The molecule has 0 amide bonds. The van der Waals surface area contributed by atoms with Gasteiger partial charge in [-0.3, -0.25) is 0 Å². The highest BCUT2D eigenvalue weighted by Gasteiger charge is 2.16. The Hall–Kier alpha value is 0.200. The number of nitrogens with one attached hydrogen (secondary N) is 1. The van der Waals surface area contributed by atoms with Crippen LogP contribution in [0.2, 0.25) is 5.02 Å². The molecule has 0 saturated carbocycles. The molecule has 0 radical (unpaired) electrons. The minimum absolute atomic E-state index is 0.521. The van der Waals surface area contributed by atoms with E-state index in [-0.39, 0.29) is 0 Å². The van der Waals surface area contributed by atoms with Crippen molar-refractivity contribution in [1.82, 2.24) is 5.32 Å². The van der Waals surface area contributed by atoms with Crippen LogP contribution in [0.4, 0.5) is 0 Å². The summed E-state index contributed by atoms with van der Waals surface area (Å²) in [5.74, 6) is 0. The molecule has 1 aromatic rings. The van der Waals surface area contributed by atoms with E-state index in [1.807, 2.05) is 6.07 Å². The summed E-state index contributed by atoms with van der Waals surface area (Å²) in [6, 6.07) is 6.77. The highest BCUT2D eigenvalue weighted by atomic mass is 127. The van der Waals surface area contributed by atoms with Crippen LogP contribution in [0.5, 0.6) is 0 Å². The van der Waals surface area contributed by atoms with Crippen LogP contribution in [0.1, 0.15) is 24.4 Å². The van der Waals surface area contributed by atoms with E-state index in [0.717, 1.165) is 11.6 Å². The van der Waals surface area contributed by atoms with E-state index in [1.54, 1.807) is 0 Å². The zero-order valence-corrected chi connectivity index (χ0v) is 10.1. The summed E-state index contributed by atoms with van der Waals surface area (Å²) in [6.45, 7) is 1.13. The van der Waals surface area contributed by atoms with Crippen molar-refractivity contribution in [3.8, 4) is 0 Å². The van der Waals surface area contributed by atoms with Crippen molar-refractivity contribution in [2.24, 2.45) is 0 Å². The summed E-state index contributed by atoms with van der Waals surface area (Å²) in [5.41, 5.74) is 1.33. The van der Waals surface area contributed by atoms with Crippen molar-refractivity contribution in [3.05, 3.63) is 32.4 Å². The van der Waals surface area contributed by atoms with Crippen LogP contribution in [-0.2, 0) is 0 Å². The average molecular weight is 308 g/mol. The predicted octanol–water partition coefficient (Wildman–Crippen LogP) is 3.37. The van der Waals surface area contributed by atoms with Gasteiger partial charge in [0.25, 0.3) is 0 Å². The fourth-order valence-electron chi connectivity index (χ4n) is 1.75. The van der Waals surface area contributed by atoms with E-state index in [9.17, 15) is 0 Å². The van der Waals surface area contributed by atoms with Gasteiger partial charge in [0.05, 0.1) is 0 Å². The maximum Gasteiger partial charge on any atom is 0.0419 e. The van der Waals surface area contributed by atoms with E-state index >= 15 is 0 Å². The first-order valence-electron chi connectivity index (χ1n) is 4.45. The second kappa shape index (κ2) is 4.15. The fraction of sp³-hybridized carbons (Fsp3) is 0.400. The van der Waals surface area contributed by atoms with Gasteiger partial charge in [-0.05, 0) is 65.7 Å². The first kappa shape index (κ1) is 9.74. The van der Waals surface area contributed by atoms with E-state index in [4.69, 9.17) is 11.6 Å². The predicted molar refractivity (Wildman–Crippen MR) is 64.1 cm³/mol. The molecule has 1 unspecified atom stereocenters. The molecule has 1 N–H and O–H groups in total. The Labute approximate surface area is 97.0 Å². The summed E-state index contributed by atoms with van der Waals surface area (Å²) in [4.78, 5) is 0. The van der Waals surface area contributed by atoms with Crippen LogP contribution in [0.15, 0.2) is 18.2 Å². The molecule has 1 aliphatic rings. The molecule has 70 valence electrons. The molecule has 1 fully saturated rings. The highest BCUT2D eigenvalue weighted by molar-refractivity contribution is 14.1. The Morgan fingerprint density at radius 2 is 2.23 bits per heavy atom. The summed E-state index contributed by atoms with van der Waals surface area (Å²) < 4.78 is 1.22. The molecule has 1 saturated heterocycles. The SMILES string of the molecule is Clc1cc(I)cc(C2CCCN2)c1. The first-order valence-corrected chi connectivity index (χ1v) is 5.91. The van der Waals surface area contributed by atoms with Gasteiger partial charge in [0.15, 0.2) is 0 Å². The van der Waals surface area contributed by atoms with E-state index < -0.39 is 0 Å². The van der Waals surface area contributed by atoms with Crippen LogP contribution < -0.4 is 5.32 Å². The van der Waals surface area contributed by atoms with Gasteiger partial charge in [-0.1, -0.05) is 11.6 Å². The molecular formula is C10H11ClIN. The van der Waals surface area contributed by atoms with Crippen molar-refractivity contribution in [2.45, 2.75) is 18.9 Å². The normalized spacial score (nSPS) is 22.2. The molecule has 1 atom stereocenters. The summed E-state index contributed by atoms with van der Waals surface area (Å²) >= 11 is 8.30. The monoisotopic (exact) mass is 307 g/mol. The van der Waals surface area contributed by atoms with Crippen molar-refractivity contribution in [3.63, 3.8) is 0 Å². The van der Waals surface area contributed by atoms with Crippen molar-refractivity contribution >= 4 is 34.2 Å². The van der Waals surface area contributed by atoms with E-state index in [0.29, 0.717) is 6.04 Å². The quantitative estimate of drug-likeness (QED) is 0.785. The molecule has 1 nitrogen and oxygen atoms in total.